The van der Waals surface area contributed by atoms with Crippen LogP contribution in [0.5, 0.6) is 0 Å². The van der Waals surface area contributed by atoms with Gasteiger partial charge in [-0.3, -0.25) is 4.98 Å². The molecule has 3 aromatic rings. The van der Waals surface area contributed by atoms with Crippen molar-refractivity contribution in [3.8, 4) is 11.4 Å². The van der Waals surface area contributed by atoms with Gasteiger partial charge in [0.1, 0.15) is 5.82 Å². The minimum Gasteiger partial charge on any atom is -0.383 e. The molecule has 6 heteroatoms. The van der Waals surface area contributed by atoms with Gasteiger partial charge in [-0.05, 0) is 30.3 Å². The van der Waals surface area contributed by atoms with Crippen molar-refractivity contribution in [3.05, 3.63) is 47.7 Å². The summed E-state index contributed by atoms with van der Waals surface area (Å²) in [6, 6.07) is 9.37. The van der Waals surface area contributed by atoms with Gasteiger partial charge in [0.05, 0.1) is 12.1 Å². The lowest BCUT2D eigenvalue weighted by atomic mass is 10.2. The minimum absolute atomic E-state index is 0.592. The molecule has 5 nitrogen and oxygen atoms in total. The zero-order valence-electron chi connectivity index (χ0n) is 12.1. The third-order valence-corrected chi connectivity index (χ3v) is 3.41. The molecular weight excluding hydrogens is 300 g/mol. The van der Waals surface area contributed by atoms with Crippen LogP contribution in [0.2, 0.25) is 5.02 Å². The van der Waals surface area contributed by atoms with Crippen molar-refractivity contribution in [2.75, 3.05) is 25.6 Å². The van der Waals surface area contributed by atoms with Crippen LogP contribution in [0.1, 0.15) is 0 Å². The predicted molar refractivity (Wildman–Crippen MR) is 88.1 cm³/mol. The van der Waals surface area contributed by atoms with E-state index in [9.17, 15) is 0 Å². The molecule has 112 valence electrons. The summed E-state index contributed by atoms with van der Waals surface area (Å²) < 4.78 is 5.07. The van der Waals surface area contributed by atoms with Crippen LogP contribution < -0.4 is 5.32 Å². The third-order valence-electron chi connectivity index (χ3n) is 3.18. The van der Waals surface area contributed by atoms with Crippen LogP contribution in [0, 0.1) is 0 Å². The molecule has 0 saturated heterocycles. The Labute approximate surface area is 133 Å². The number of benzene rings is 1. The number of ether oxygens (including phenoxy) is 1. The van der Waals surface area contributed by atoms with Crippen LogP contribution in [0.3, 0.4) is 0 Å². The lowest BCUT2D eigenvalue weighted by Crippen LogP contribution is -2.10. The topological polar surface area (TPSA) is 59.9 Å². The number of anilines is 1. The zero-order chi connectivity index (χ0) is 15.4. The van der Waals surface area contributed by atoms with E-state index < -0.39 is 0 Å². The van der Waals surface area contributed by atoms with Crippen LogP contribution >= 0.6 is 11.6 Å². The molecule has 0 radical (unpaired) electrons. The first-order valence-electron chi connectivity index (χ1n) is 6.88. The first kappa shape index (κ1) is 14.7. The Morgan fingerprint density at radius 1 is 1.23 bits per heavy atom. The largest absolute Gasteiger partial charge is 0.383 e. The van der Waals surface area contributed by atoms with Gasteiger partial charge in [0, 0.05) is 42.0 Å². The molecule has 0 bridgehead atoms. The molecule has 2 aromatic heterocycles. The number of halogens is 1. The van der Waals surface area contributed by atoms with Gasteiger partial charge in [-0.25, -0.2) is 9.97 Å². The molecule has 3 rings (SSSR count). The van der Waals surface area contributed by atoms with E-state index in [1.165, 1.54) is 0 Å². The molecule has 0 saturated carbocycles. The second-order valence-electron chi connectivity index (χ2n) is 4.72. The molecule has 0 aliphatic heterocycles. The van der Waals surface area contributed by atoms with Crippen molar-refractivity contribution in [3.63, 3.8) is 0 Å². The molecule has 2 heterocycles. The predicted octanol–water partition coefficient (Wildman–Crippen LogP) is 3.40. The van der Waals surface area contributed by atoms with E-state index in [-0.39, 0.29) is 0 Å². The van der Waals surface area contributed by atoms with E-state index in [0.29, 0.717) is 24.0 Å². The molecule has 0 aliphatic carbocycles. The second kappa shape index (κ2) is 6.68. The van der Waals surface area contributed by atoms with Crippen LogP contribution in [-0.4, -0.2) is 35.2 Å². The van der Waals surface area contributed by atoms with E-state index >= 15 is 0 Å². The van der Waals surface area contributed by atoms with Crippen molar-refractivity contribution in [1.29, 1.82) is 0 Å². The number of pyridine rings is 1. The van der Waals surface area contributed by atoms with E-state index in [2.05, 4.69) is 20.3 Å². The molecule has 0 atom stereocenters. The molecule has 1 aromatic carbocycles. The number of aromatic nitrogens is 3. The Morgan fingerprint density at radius 2 is 2.14 bits per heavy atom. The van der Waals surface area contributed by atoms with Gasteiger partial charge in [0.15, 0.2) is 5.82 Å². The summed E-state index contributed by atoms with van der Waals surface area (Å²) in [5, 5.41) is 4.81. The maximum Gasteiger partial charge on any atom is 0.163 e. The number of nitrogens with zero attached hydrogens (tertiary/aromatic N) is 3. The SMILES string of the molecule is COCCNc1nc(-c2cccnc2)nc2ccc(Cl)cc12. The normalized spacial score (nSPS) is 10.8. The Kier molecular flexibility index (Phi) is 4.46. The quantitative estimate of drug-likeness (QED) is 0.731. The standard InChI is InChI=1S/C16H15ClN4O/c1-22-8-7-19-16-13-9-12(17)4-5-14(13)20-15(21-16)11-3-2-6-18-10-11/h2-6,9-10H,7-8H2,1H3,(H,19,20,21). The number of fused-ring (bicyclic) bond motifs is 1. The average molecular weight is 315 g/mol. The zero-order valence-corrected chi connectivity index (χ0v) is 12.8. The molecular formula is C16H15ClN4O. The van der Waals surface area contributed by atoms with Gasteiger partial charge in [-0.2, -0.15) is 0 Å². The van der Waals surface area contributed by atoms with Crippen molar-refractivity contribution >= 4 is 28.3 Å². The fourth-order valence-electron chi connectivity index (χ4n) is 2.13. The van der Waals surface area contributed by atoms with Crippen molar-refractivity contribution in [2.45, 2.75) is 0 Å². The Morgan fingerprint density at radius 3 is 2.91 bits per heavy atom. The Hall–Kier alpha value is -2.24. The van der Waals surface area contributed by atoms with Crippen molar-refractivity contribution < 1.29 is 4.74 Å². The molecule has 0 fully saturated rings. The highest BCUT2D eigenvalue weighted by molar-refractivity contribution is 6.31. The number of hydrogen-bond donors (Lipinski definition) is 1. The second-order valence-corrected chi connectivity index (χ2v) is 5.16. The summed E-state index contributed by atoms with van der Waals surface area (Å²) in [6.07, 6.45) is 3.47. The van der Waals surface area contributed by atoms with Crippen LogP contribution in [0.25, 0.3) is 22.3 Å². The number of rotatable bonds is 5. The van der Waals surface area contributed by atoms with E-state index in [0.717, 1.165) is 22.3 Å². The highest BCUT2D eigenvalue weighted by Crippen LogP contribution is 2.26. The van der Waals surface area contributed by atoms with E-state index in [1.54, 1.807) is 19.5 Å². The number of methoxy groups -OCH3 is 1. The maximum atomic E-state index is 6.09. The maximum absolute atomic E-state index is 6.09. The minimum atomic E-state index is 0.592. The number of hydrogen-bond acceptors (Lipinski definition) is 5. The molecule has 1 N–H and O–H groups in total. The lowest BCUT2D eigenvalue weighted by Gasteiger charge is -2.11. The van der Waals surface area contributed by atoms with Gasteiger partial charge in [0.2, 0.25) is 0 Å². The van der Waals surface area contributed by atoms with Gasteiger partial charge < -0.3 is 10.1 Å². The van der Waals surface area contributed by atoms with E-state index in [4.69, 9.17) is 16.3 Å². The summed E-state index contributed by atoms with van der Waals surface area (Å²) in [5.74, 6) is 1.37. The molecule has 0 spiro atoms. The van der Waals surface area contributed by atoms with Gasteiger partial charge >= 0.3 is 0 Å². The fraction of sp³-hybridized carbons (Fsp3) is 0.188. The lowest BCUT2D eigenvalue weighted by molar-refractivity contribution is 0.210. The van der Waals surface area contributed by atoms with Gasteiger partial charge in [-0.15, -0.1) is 0 Å². The van der Waals surface area contributed by atoms with Crippen molar-refractivity contribution in [1.82, 2.24) is 15.0 Å². The smallest absolute Gasteiger partial charge is 0.163 e. The summed E-state index contributed by atoms with van der Waals surface area (Å²) in [6.45, 7) is 1.25. The molecule has 0 amide bonds. The third kappa shape index (κ3) is 3.16. The summed E-state index contributed by atoms with van der Waals surface area (Å²) >= 11 is 6.09. The van der Waals surface area contributed by atoms with Gasteiger partial charge in [0.25, 0.3) is 0 Å². The van der Waals surface area contributed by atoms with Crippen LogP contribution in [0.15, 0.2) is 42.7 Å². The van der Waals surface area contributed by atoms with Crippen LogP contribution in [-0.2, 0) is 4.74 Å². The van der Waals surface area contributed by atoms with Crippen molar-refractivity contribution in [2.24, 2.45) is 0 Å². The Bertz CT molecular complexity index is 780. The first-order valence-corrected chi connectivity index (χ1v) is 7.26. The number of nitrogens with one attached hydrogen (secondary N) is 1. The van der Waals surface area contributed by atoms with Crippen LogP contribution in [0.4, 0.5) is 5.82 Å². The molecule has 0 aliphatic rings. The monoisotopic (exact) mass is 314 g/mol. The summed E-state index contributed by atoms with van der Waals surface area (Å²) in [4.78, 5) is 13.3. The average Bonchev–Trinajstić information content (AvgIpc) is 2.56. The summed E-state index contributed by atoms with van der Waals surface area (Å²) in [7, 11) is 1.66. The highest BCUT2D eigenvalue weighted by atomic mass is 35.5. The Balaban J connectivity index is 2.09. The molecule has 22 heavy (non-hydrogen) atoms. The van der Waals surface area contributed by atoms with E-state index in [1.807, 2.05) is 30.3 Å². The highest BCUT2D eigenvalue weighted by Gasteiger charge is 2.10. The molecule has 0 unspecified atom stereocenters. The first-order chi connectivity index (χ1) is 10.8. The summed E-state index contributed by atoms with van der Waals surface area (Å²) in [5.41, 5.74) is 1.70. The van der Waals surface area contributed by atoms with Gasteiger partial charge in [-0.1, -0.05) is 11.6 Å². The fourth-order valence-corrected chi connectivity index (χ4v) is 2.30.